The van der Waals surface area contributed by atoms with Gasteiger partial charge in [0.1, 0.15) is 11.3 Å². The molecule has 106 valence electrons. The quantitative estimate of drug-likeness (QED) is 0.603. The molecule has 21 heavy (non-hydrogen) atoms. The highest BCUT2D eigenvalue weighted by atomic mass is 79.9. The van der Waals surface area contributed by atoms with E-state index in [1.54, 1.807) is 6.07 Å². The Hall–Kier alpha value is -2.19. The number of nitrogens with zero attached hydrogens (tertiary/aromatic N) is 3. The van der Waals surface area contributed by atoms with E-state index in [9.17, 15) is 9.90 Å². The van der Waals surface area contributed by atoms with E-state index in [-0.39, 0.29) is 22.4 Å². The summed E-state index contributed by atoms with van der Waals surface area (Å²) in [6.45, 7) is 0. The maximum Gasteiger partial charge on any atom is 0.261 e. The summed E-state index contributed by atoms with van der Waals surface area (Å²) in [7, 11) is 0. The van der Waals surface area contributed by atoms with Crippen molar-refractivity contribution in [2.75, 3.05) is 5.32 Å². The van der Waals surface area contributed by atoms with Gasteiger partial charge in [-0.3, -0.25) is 10.1 Å². The number of nitrogens with one attached hydrogen (secondary N) is 2. The number of H-pyrrole nitrogens is 1. The Bertz CT molecular complexity index is 851. The van der Waals surface area contributed by atoms with Crippen molar-refractivity contribution in [3.05, 3.63) is 39.7 Å². The minimum atomic E-state index is -0.550. The third kappa shape index (κ3) is 2.67. The molecule has 9 heteroatoms. The summed E-state index contributed by atoms with van der Waals surface area (Å²) >= 11 is 9.15. The van der Waals surface area contributed by atoms with Crippen molar-refractivity contribution in [1.29, 1.82) is 0 Å². The number of aromatic hydroxyl groups is 1. The molecule has 7 nitrogen and oxygen atoms in total. The van der Waals surface area contributed by atoms with Gasteiger partial charge in [0, 0.05) is 4.47 Å². The predicted octanol–water partition coefficient (Wildman–Crippen LogP) is 2.73. The first-order valence-electron chi connectivity index (χ1n) is 5.71. The number of hydrogen-bond acceptors (Lipinski definition) is 5. The van der Waals surface area contributed by atoms with E-state index in [0.717, 1.165) is 0 Å². The largest absolute Gasteiger partial charge is 0.507 e. The number of carbonyl (C=O) groups excluding carboxylic acids is 1. The number of imidazole rings is 1. The van der Waals surface area contributed by atoms with Crippen LogP contribution in [0.25, 0.3) is 11.2 Å². The molecule has 2 heterocycles. The van der Waals surface area contributed by atoms with E-state index >= 15 is 0 Å². The smallest absolute Gasteiger partial charge is 0.261 e. The van der Waals surface area contributed by atoms with Crippen LogP contribution in [0.1, 0.15) is 10.4 Å². The monoisotopic (exact) mass is 367 g/mol. The number of phenolic OH excluding ortho intramolecular Hbond substituents is 1. The van der Waals surface area contributed by atoms with Crippen molar-refractivity contribution in [2.45, 2.75) is 0 Å². The number of halogens is 2. The molecule has 0 atom stereocenters. The van der Waals surface area contributed by atoms with Crippen LogP contribution < -0.4 is 5.32 Å². The van der Waals surface area contributed by atoms with Crippen molar-refractivity contribution in [2.24, 2.45) is 0 Å². The SMILES string of the molecule is O=C(Nc1nc(Cl)c2[nH]cnc2n1)c1ccc(Br)cc1O. The summed E-state index contributed by atoms with van der Waals surface area (Å²) in [5.74, 6) is -0.702. The van der Waals surface area contributed by atoms with Crippen LogP contribution in [0.4, 0.5) is 5.95 Å². The summed E-state index contributed by atoms with van der Waals surface area (Å²) < 4.78 is 0.661. The second-order valence-corrected chi connectivity index (χ2v) is 5.33. The molecule has 0 bridgehead atoms. The molecule has 0 saturated carbocycles. The molecule has 3 aromatic rings. The lowest BCUT2D eigenvalue weighted by Gasteiger charge is -2.06. The van der Waals surface area contributed by atoms with Gasteiger partial charge < -0.3 is 10.1 Å². The Morgan fingerprint density at radius 1 is 1.38 bits per heavy atom. The lowest BCUT2D eigenvalue weighted by Crippen LogP contribution is -2.14. The zero-order valence-electron chi connectivity index (χ0n) is 10.3. The molecule has 0 radical (unpaired) electrons. The minimum absolute atomic E-state index is 0.00641. The van der Waals surface area contributed by atoms with Crippen molar-refractivity contribution in [3.8, 4) is 5.75 Å². The second-order valence-electron chi connectivity index (χ2n) is 4.05. The van der Waals surface area contributed by atoms with Crippen LogP contribution in [0.5, 0.6) is 5.75 Å². The van der Waals surface area contributed by atoms with Gasteiger partial charge >= 0.3 is 0 Å². The van der Waals surface area contributed by atoms with E-state index in [4.69, 9.17) is 11.6 Å². The number of aromatic nitrogens is 4. The summed E-state index contributed by atoms with van der Waals surface area (Å²) in [6, 6.07) is 4.53. The molecule has 1 aromatic carbocycles. The molecular weight excluding hydrogens is 362 g/mol. The Balaban J connectivity index is 1.92. The van der Waals surface area contributed by atoms with Crippen LogP contribution in [-0.2, 0) is 0 Å². The van der Waals surface area contributed by atoms with Crippen LogP contribution in [0.15, 0.2) is 29.0 Å². The van der Waals surface area contributed by atoms with Gasteiger partial charge in [0.2, 0.25) is 5.95 Å². The third-order valence-electron chi connectivity index (χ3n) is 2.67. The number of fused-ring (bicyclic) bond motifs is 1. The lowest BCUT2D eigenvalue weighted by atomic mass is 10.2. The van der Waals surface area contributed by atoms with Gasteiger partial charge in [-0.1, -0.05) is 27.5 Å². The molecule has 0 spiro atoms. The number of amides is 1. The van der Waals surface area contributed by atoms with Crippen LogP contribution in [-0.4, -0.2) is 30.9 Å². The number of rotatable bonds is 2. The van der Waals surface area contributed by atoms with E-state index in [1.165, 1.54) is 18.5 Å². The standard InChI is InChI=1S/C12H7BrClN5O2/c13-5-1-2-6(7(20)3-5)11(21)19-12-17-9(14)8-10(18-12)16-4-15-8/h1-4,20H,(H2,15,16,17,18,19,21). The normalized spacial score (nSPS) is 10.8. The number of hydrogen-bond donors (Lipinski definition) is 3. The summed E-state index contributed by atoms with van der Waals surface area (Å²) in [6.07, 6.45) is 1.43. The molecule has 0 saturated heterocycles. The van der Waals surface area contributed by atoms with Gasteiger partial charge in [-0.25, -0.2) is 4.98 Å². The Morgan fingerprint density at radius 3 is 2.95 bits per heavy atom. The maximum atomic E-state index is 12.1. The summed E-state index contributed by atoms with van der Waals surface area (Å²) in [4.78, 5) is 26.8. The number of phenols is 1. The van der Waals surface area contributed by atoms with E-state index in [1.807, 2.05) is 0 Å². The molecule has 3 rings (SSSR count). The van der Waals surface area contributed by atoms with Crippen LogP contribution >= 0.6 is 27.5 Å². The van der Waals surface area contributed by atoms with Crippen LogP contribution in [0.3, 0.4) is 0 Å². The Kier molecular flexibility index (Phi) is 3.48. The molecule has 1 amide bonds. The number of benzene rings is 1. The summed E-state index contributed by atoms with van der Waals surface area (Å²) in [5.41, 5.74) is 0.923. The molecule has 0 aliphatic rings. The summed E-state index contributed by atoms with van der Waals surface area (Å²) in [5, 5.41) is 12.4. The van der Waals surface area contributed by atoms with E-state index < -0.39 is 5.91 Å². The highest BCUT2D eigenvalue weighted by Crippen LogP contribution is 2.23. The number of anilines is 1. The number of aromatic amines is 1. The molecule has 0 unspecified atom stereocenters. The van der Waals surface area contributed by atoms with E-state index in [0.29, 0.717) is 15.6 Å². The van der Waals surface area contributed by atoms with Crippen LogP contribution in [0.2, 0.25) is 5.15 Å². The average molecular weight is 369 g/mol. The predicted molar refractivity (Wildman–Crippen MR) is 80.5 cm³/mol. The average Bonchev–Trinajstić information content (AvgIpc) is 2.87. The van der Waals surface area contributed by atoms with Crippen molar-refractivity contribution in [1.82, 2.24) is 19.9 Å². The first kappa shape index (κ1) is 13.8. The Morgan fingerprint density at radius 2 is 2.19 bits per heavy atom. The van der Waals surface area contributed by atoms with Crippen molar-refractivity contribution < 1.29 is 9.90 Å². The van der Waals surface area contributed by atoms with Gasteiger partial charge in [-0.15, -0.1) is 0 Å². The first-order valence-corrected chi connectivity index (χ1v) is 6.88. The topological polar surface area (TPSA) is 104 Å². The van der Waals surface area contributed by atoms with Gasteiger partial charge in [0.25, 0.3) is 5.91 Å². The maximum absolute atomic E-state index is 12.1. The van der Waals surface area contributed by atoms with Crippen LogP contribution in [0, 0.1) is 0 Å². The fourth-order valence-corrected chi connectivity index (χ4v) is 2.29. The van der Waals surface area contributed by atoms with Gasteiger partial charge in [0.05, 0.1) is 11.9 Å². The van der Waals surface area contributed by atoms with Gasteiger partial charge in [-0.2, -0.15) is 9.97 Å². The molecule has 0 fully saturated rings. The van der Waals surface area contributed by atoms with E-state index in [2.05, 4.69) is 41.2 Å². The Labute approximate surface area is 131 Å². The van der Waals surface area contributed by atoms with Crippen molar-refractivity contribution >= 4 is 50.6 Å². The van der Waals surface area contributed by atoms with Gasteiger partial charge in [0.15, 0.2) is 10.8 Å². The molecule has 3 N–H and O–H groups in total. The fraction of sp³-hybridized carbons (Fsp3) is 0. The molecule has 0 aliphatic heterocycles. The van der Waals surface area contributed by atoms with Gasteiger partial charge in [-0.05, 0) is 18.2 Å². The lowest BCUT2D eigenvalue weighted by molar-refractivity contribution is 0.102. The highest BCUT2D eigenvalue weighted by Gasteiger charge is 2.15. The zero-order valence-corrected chi connectivity index (χ0v) is 12.6. The molecule has 2 aromatic heterocycles. The second kappa shape index (κ2) is 5.30. The highest BCUT2D eigenvalue weighted by molar-refractivity contribution is 9.10. The molecule has 0 aliphatic carbocycles. The fourth-order valence-electron chi connectivity index (χ4n) is 1.72. The minimum Gasteiger partial charge on any atom is -0.507 e. The zero-order chi connectivity index (χ0) is 15.0. The number of carbonyl (C=O) groups is 1. The first-order chi connectivity index (χ1) is 10.0. The third-order valence-corrected chi connectivity index (χ3v) is 3.44. The molecular formula is C12H7BrClN5O2. The van der Waals surface area contributed by atoms with Crippen molar-refractivity contribution in [3.63, 3.8) is 0 Å².